The number of nitrogens with zero attached hydrogens (tertiary/aromatic N) is 5. The molecule has 2 aromatic rings. The molecule has 0 aliphatic carbocycles. The molecule has 1 N–H and O–H groups in total. The second-order valence-corrected chi connectivity index (χ2v) is 7.36. The van der Waals surface area contributed by atoms with E-state index < -0.39 is 0 Å². The third-order valence-corrected chi connectivity index (χ3v) is 5.78. The quantitative estimate of drug-likeness (QED) is 0.872. The summed E-state index contributed by atoms with van der Waals surface area (Å²) in [6.07, 6.45) is 2.27. The molecule has 0 spiro atoms. The largest absolute Gasteiger partial charge is 0.377 e. The van der Waals surface area contributed by atoms with Crippen LogP contribution in [0.1, 0.15) is 25.5 Å². The fraction of sp³-hybridized carbons (Fsp3) is 0.611. The van der Waals surface area contributed by atoms with E-state index in [0.29, 0.717) is 36.6 Å². The van der Waals surface area contributed by atoms with E-state index in [2.05, 4.69) is 39.1 Å². The van der Waals surface area contributed by atoms with Crippen LogP contribution in [0.4, 0.5) is 11.5 Å². The van der Waals surface area contributed by atoms with Crippen molar-refractivity contribution in [2.75, 3.05) is 42.8 Å². The molecule has 2 aromatic heterocycles. The van der Waals surface area contributed by atoms with Crippen molar-refractivity contribution in [1.29, 1.82) is 5.26 Å². The molecule has 5 rings (SSSR count). The lowest BCUT2D eigenvalue weighted by molar-refractivity contribution is 0.0902. The lowest BCUT2D eigenvalue weighted by Crippen LogP contribution is -2.47. The molecule has 2 unspecified atom stereocenters. The van der Waals surface area contributed by atoms with Gasteiger partial charge in [-0.1, -0.05) is 0 Å². The van der Waals surface area contributed by atoms with Crippen molar-refractivity contribution in [3.63, 3.8) is 0 Å². The normalized spacial score (nSPS) is 28.5. The van der Waals surface area contributed by atoms with Crippen molar-refractivity contribution < 1.29 is 9.47 Å². The number of aromatic amines is 1. The molecule has 3 aliphatic heterocycles. The number of nitrogens with one attached hydrogen (secondary N) is 1. The fourth-order valence-electron chi connectivity index (χ4n) is 4.52. The molecule has 8 heteroatoms. The second-order valence-electron chi connectivity index (χ2n) is 7.36. The molecule has 0 radical (unpaired) electrons. The van der Waals surface area contributed by atoms with Crippen molar-refractivity contribution in [3.8, 4) is 6.07 Å². The zero-order chi connectivity index (χ0) is 17.7. The van der Waals surface area contributed by atoms with Gasteiger partial charge >= 0.3 is 0 Å². The molecular formula is C18H22N6O2. The topological polar surface area (TPSA) is 90.3 Å². The maximum absolute atomic E-state index is 9.51. The van der Waals surface area contributed by atoms with Crippen LogP contribution in [-0.4, -0.2) is 66.3 Å². The van der Waals surface area contributed by atoms with Crippen molar-refractivity contribution in [2.24, 2.45) is 0 Å². The Bertz CT molecular complexity index is 858. The van der Waals surface area contributed by atoms with Gasteiger partial charge in [-0.25, -0.2) is 4.98 Å². The van der Waals surface area contributed by atoms with Crippen molar-refractivity contribution in [3.05, 3.63) is 11.8 Å². The first-order valence-electron chi connectivity index (χ1n) is 9.26. The van der Waals surface area contributed by atoms with Crippen molar-refractivity contribution >= 4 is 22.5 Å². The number of hydrogen-bond acceptors (Lipinski definition) is 7. The molecule has 0 saturated carbocycles. The molecule has 8 nitrogen and oxygen atoms in total. The number of anilines is 2. The van der Waals surface area contributed by atoms with Crippen LogP contribution in [-0.2, 0) is 9.47 Å². The Morgan fingerprint density at radius 2 is 2.04 bits per heavy atom. The Labute approximate surface area is 151 Å². The van der Waals surface area contributed by atoms with E-state index in [1.165, 1.54) is 0 Å². The van der Waals surface area contributed by atoms with Gasteiger partial charge < -0.3 is 19.3 Å². The molecule has 5 heterocycles. The maximum Gasteiger partial charge on any atom is 0.186 e. The van der Waals surface area contributed by atoms with Gasteiger partial charge in [-0.05, 0) is 19.8 Å². The first kappa shape index (κ1) is 15.9. The first-order valence-corrected chi connectivity index (χ1v) is 9.26. The van der Waals surface area contributed by atoms with Crippen LogP contribution < -0.4 is 9.80 Å². The number of H-pyrrole nitrogens is 1. The zero-order valence-electron chi connectivity index (χ0n) is 14.8. The first-order chi connectivity index (χ1) is 12.8. The Hall–Kier alpha value is -2.37. The SMILES string of the molecule is C[C@@H]1COCCN1c1cc(N2C3CCC2COC3)nc2n[nH]c(C#N)c12. The Morgan fingerprint density at radius 1 is 1.23 bits per heavy atom. The highest BCUT2D eigenvalue weighted by atomic mass is 16.5. The summed E-state index contributed by atoms with van der Waals surface area (Å²) in [7, 11) is 0. The highest BCUT2D eigenvalue weighted by Crippen LogP contribution is 2.38. The van der Waals surface area contributed by atoms with Gasteiger partial charge in [0, 0.05) is 18.7 Å². The van der Waals surface area contributed by atoms with Gasteiger partial charge in [-0.15, -0.1) is 0 Å². The second kappa shape index (κ2) is 6.11. The number of morpholine rings is 2. The van der Waals surface area contributed by atoms with Gasteiger partial charge in [0.2, 0.25) is 0 Å². The number of nitriles is 1. The van der Waals surface area contributed by atoms with Crippen molar-refractivity contribution in [2.45, 2.75) is 37.9 Å². The summed E-state index contributed by atoms with van der Waals surface area (Å²) >= 11 is 0. The lowest BCUT2D eigenvalue weighted by atomic mass is 10.1. The lowest BCUT2D eigenvalue weighted by Gasteiger charge is -2.38. The molecule has 3 atom stereocenters. The molecule has 3 saturated heterocycles. The molecule has 0 amide bonds. The Morgan fingerprint density at radius 3 is 2.77 bits per heavy atom. The molecule has 26 heavy (non-hydrogen) atoms. The number of rotatable bonds is 2. The molecule has 2 bridgehead atoms. The predicted octanol–water partition coefficient (Wildman–Crippen LogP) is 1.42. The average molecular weight is 354 g/mol. The summed E-state index contributed by atoms with van der Waals surface area (Å²) in [6.45, 7) is 5.82. The third kappa shape index (κ3) is 2.35. The van der Waals surface area contributed by atoms with Gasteiger partial charge in [0.05, 0.1) is 49.6 Å². The Balaban J connectivity index is 1.66. The molecular weight excluding hydrogens is 332 g/mol. The van der Waals surface area contributed by atoms with Crippen LogP contribution >= 0.6 is 0 Å². The molecule has 136 valence electrons. The van der Waals surface area contributed by atoms with E-state index in [1.807, 2.05) is 0 Å². The summed E-state index contributed by atoms with van der Waals surface area (Å²) in [5.41, 5.74) is 2.10. The smallest absolute Gasteiger partial charge is 0.186 e. The van der Waals surface area contributed by atoms with Gasteiger partial charge in [-0.2, -0.15) is 10.4 Å². The minimum atomic E-state index is 0.241. The predicted molar refractivity (Wildman–Crippen MR) is 96.3 cm³/mol. The monoisotopic (exact) mass is 354 g/mol. The number of hydrogen-bond donors (Lipinski definition) is 1. The number of ether oxygens (including phenoxy) is 2. The number of pyridine rings is 1. The third-order valence-electron chi connectivity index (χ3n) is 5.78. The van der Waals surface area contributed by atoms with E-state index in [0.717, 1.165) is 49.5 Å². The number of fused-ring (bicyclic) bond motifs is 3. The van der Waals surface area contributed by atoms with Crippen LogP contribution in [0.25, 0.3) is 11.0 Å². The molecule has 3 fully saturated rings. The minimum Gasteiger partial charge on any atom is -0.377 e. The van der Waals surface area contributed by atoms with Crippen LogP contribution in [0.3, 0.4) is 0 Å². The van der Waals surface area contributed by atoms with Gasteiger partial charge in [0.15, 0.2) is 5.65 Å². The highest BCUT2D eigenvalue weighted by molar-refractivity contribution is 5.95. The summed E-state index contributed by atoms with van der Waals surface area (Å²) in [6, 6.07) is 5.36. The standard InChI is InChI=1S/C18H22N6O2/c1-11-8-25-5-4-23(11)15-6-16(20-18-17(15)14(7-19)21-22-18)24-12-2-3-13(24)10-26-9-12/h6,11-13H,2-5,8-10H2,1H3,(H,20,21,22)/t11-,12?,13?/m1/s1. The summed E-state index contributed by atoms with van der Waals surface area (Å²) in [4.78, 5) is 9.52. The van der Waals surface area contributed by atoms with Crippen LogP contribution in [0, 0.1) is 11.3 Å². The van der Waals surface area contributed by atoms with Gasteiger partial charge in [0.1, 0.15) is 17.6 Å². The van der Waals surface area contributed by atoms with Crippen molar-refractivity contribution in [1.82, 2.24) is 15.2 Å². The molecule has 0 aromatic carbocycles. The summed E-state index contributed by atoms with van der Waals surface area (Å²) in [5, 5.41) is 17.5. The Kier molecular flexibility index (Phi) is 3.72. The van der Waals surface area contributed by atoms with Gasteiger partial charge in [-0.3, -0.25) is 5.10 Å². The minimum absolute atomic E-state index is 0.241. The summed E-state index contributed by atoms with van der Waals surface area (Å²) < 4.78 is 11.3. The van der Waals surface area contributed by atoms with E-state index >= 15 is 0 Å². The van der Waals surface area contributed by atoms with Crippen LogP contribution in [0.5, 0.6) is 0 Å². The molecule has 3 aliphatic rings. The van der Waals surface area contributed by atoms with E-state index in [1.54, 1.807) is 0 Å². The summed E-state index contributed by atoms with van der Waals surface area (Å²) in [5.74, 6) is 0.943. The van der Waals surface area contributed by atoms with Crippen LogP contribution in [0.2, 0.25) is 0 Å². The average Bonchev–Trinajstić information content (AvgIpc) is 3.19. The van der Waals surface area contributed by atoms with E-state index in [-0.39, 0.29) is 6.04 Å². The maximum atomic E-state index is 9.51. The van der Waals surface area contributed by atoms with Crippen LogP contribution in [0.15, 0.2) is 6.07 Å². The fourth-order valence-corrected chi connectivity index (χ4v) is 4.52. The van der Waals surface area contributed by atoms with E-state index in [4.69, 9.17) is 14.5 Å². The number of aromatic nitrogens is 3. The van der Waals surface area contributed by atoms with Gasteiger partial charge in [0.25, 0.3) is 0 Å². The van der Waals surface area contributed by atoms with E-state index in [9.17, 15) is 5.26 Å². The zero-order valence-corrected chi connectivity index (χ0v) is 14.8. The highest BCUT2D eigenvalue weighted by Gasteiger charge is 2.39.